The number of hydrogen-bond donors (Lipinski definition) is 2. The Morgan fingerprint density at radius 2 is 1.83 bits per heavy atom. The molecule has 0 heterocycles. The molecule has 3 heteroatoms. The van der Waals surface area contributed by atoms with E-state index in [1.165, 1.54) is 24.8 Å². The molecule has 0 bridgehead atoms. The Kier molecular flexibility index (Phi) is 4.37. The van der Waals surface area contributed by atoms with Gasteiger partial charge < -0.3 is 11.1 Å². The van der Waals surface area contributed by atoms with Gasteiger partial charge in [-0.2, -0.15) is 0 Å². The average molecular weight is 246 g/mol. The molecule has 3 nitrogen and oxygen atoms in total. The zero-order chi connectivity index (χ0) is 12.8. The highest BCUT2D eigenvalue weighted by Gasteiger charge is 2.32. The van der Waals surface area contributed by atoms with E-state index in [-0.39, 0.29) is 11.4 Å². The van der Waals surface area contributed by atoms with Crippen LogP contribution in [0, 0.1) is 0 Å². The molecule has 1 amide bonds. The first-order chi connectivity index (χ1) is 8.70. The standard InChI is InChI=1S/C15H22N2O/c16-14(18)11-15(9-5-2-6-10-15)17-12-13-7-3-1-4-8-13/h1,3-4,7-8,17H,2,5-6,9-12H2,(H2,16,18). The number of rotatable bonds is 5. The lowest BCUT2D eigenvalue weighted by Gasteiger charge is -2.37. The van der Waals surface area contributed by atoms with Gasteiger partial charge in [-0.15, -0.1) is 0 Å². The highest BCUT2D eigenvalue weighted by Crippen LogP contribution is 2.31. The van der Waals surface area contributed by atoms with Gasteiger partial charge in [0.1, 0.15) is 0 Å². The van der Waals surface area contributed by atoms with Gasteiger partial charge in [-0.05, 0) is 18.4 Å². The summed E-state index contributed by atoms with van der Waals surface area (Å²) in [6.45, 7) is 0.814. The third kappa shape index (κ3) is 3.57. The van der Waals surface area contributed by atoms with Crippen molar-refractivity contribution in [2.75, 3.05) is 0 Å². The molecule has 0 saturated heterocycles. The molecule has 0 atom stereocenters. The summed E-state index contributed by atoms with van der Waals surface area (Å²) < 4.78 is 0. The summed E-state index contributed by atoms with van der Waals surface area (Å²) in [5.41, 5.74) is 6.59. The van der Waals surface area contributed by atoms with Crippen LogP contribution in [0.5, 0.6) is 0 Å². The van der Waals surface area contributed by atoms with Crippen molar-refractivity contribution in [3.63, 3.8) is 0 Å². The second kappa shape index (κ2) is 6.01. The zero-order valence-electron chi connectivity index (χ0n) is 10.8. The van der Waals surface area contributed by atoms with Crippen molar-refractivity contribution in [2.45, 2.75) is 50.6 Å². The summed E-state index contributed by atoms with van der Waals surface area (Å²) in [6.07, 6.45) is 6.23. The minimum absolute atomic E-state index is 0.0695. The Balaban J connectivity index is 1.99. The van der Waals surface area contributed by atoms with Crippen LogP contribution in [0.3, 0.4) is 0 Å². The van der Waals surface area contributed by atoms with Gasteiger partial charge in [0.2, 0.25) is 5.91 Å². The van der Waals surface area contributed by atoms with Crippen molar-refractivity contribution < 1.29 is 4.79 Å². The number of carbonyl (C=O) groups is 1. The first-order valence-electron chi connectivity index (χ1n) is 6.77. The van der Waals surface area contributed by atoms with Gasteiger partial charge in [-0.3, -0.25) is 4.79 Å². The van der Waals surface area contributed by atoms with Crippen molar-refractivity contribution >= 4 is 5.91 Å². The van der Waals surface area contributed by atoms with Crippen LogP contribution in [0.2, 0.25) is 0 Å². The summed E-state index contributed by atoms with van der Waals surface area (Å²) in [5.74, 6) is -0.197. The fraction of sp³-hybridized carbons (Fsp3) is 0.533. The predicted octanol–water partition coefficient (Wildman–Crippen LogP) is 2.35. The van der Waals surface area contributed by atoms with Crippen molar-refractivity contribution in [3.05, 3.63) is 35.9 Å². The van der Waals surface area contributed by atoms with Crippen molar-refractivity contribution in [1.82, 2.24) is 5.32 Å². The van der Waals surface area contributed by atoms with Crippen LogP contribution in [0.25, 0.3) is 0 Å². The SMILES string of the molecule is NC(=O)CC1(NCc2ccccc2)CCCCC1. The van der Waals surface area contributed by atoms with E-state index >= 15 is 0 Å². The second-order valence-corrected chi connectivity index (χ2v) is 5.32. The number of hydrogen-bond acceptors (Lipinski definition) is 2. The van der Waals surface area contributed by atoms with Gasteiger partial charge in [0.05, 0.1) is 0 Å². The fourth-order valence-corrected chi connectivity index (χ4v) is 2.86. The number of primary amides is 1. The molecule has 1 aromatic carbocycles. The van der Waals surface area contributed by atoms with Gasteiger partial charge in [0.25, 0.3) is 0 Å². The summed E-state index contributed by atoms with van der Waals surface area (Å²) in [4.78, 5) is 11.3. The summed E-state index contributed by atoms with van der Waals surface area (Å²) >= 11 is 0. The normalized spacial score (nSPS) is 18.4. The number of nitrogens with two attached hydrogens (primary N) is 1. The maximum absolute atomic E-state index is 11.3. The minimum Gasteiger partial charge on any atom is -0.370 e. The van der Waals surface area contributed by atoms with Crippen LogP contribution in [0.1, 0.15) is 44.1 Å². The lowest BCUT2D eigenvalue weighted by atomic mass is 9.79. The first-order valence-corrected chi connectivity index (χ1v) is 6.77. The van der Waals surface area contributed by atoms with Gasteiger partial charge in [0.15, 0.2) is 0 Å². The molecule has 98 valence electrons. The Morgan fingerprint density at radius 3 is 2.44 bits per heavy atom. The molecule has 0 aromatic heterocycles. The van der Waals surface area contributed by atoms with E-state index in [1.807, 2.05) is 18.2 Å². The molecule has 3 N–H and O–H groups in total. The molecular formula is C15H22N2O. The van der Waals surface area contributed by atoms with Gasteiger partial charge >= 0.3 is 0 Å². The Hall–Kier alpha value is -1.35. The van der Waals surface area contributed by atoms with E-state index in [4.69, 9.17) is 5.73 Å². The fourth-order valence-electron chi connectivity index (χ4n) is 2.86. The van der Waals surface area contributed by atoms with E-state index in [0.29, 0.717) is 6.42 Å². The van der Waals surface area contributed by atoms with E-state index in [2.05, 4.69) is 17.4 Å². The summed E-state index contributed by atoms with van der Waals surface area (Å²) in [6, 6.07) is 10.3. The van der Waals surface area contributed by atoms with E-state index in [1.54, 1.807) is 0 Å². The number of carbonyl (C=O) groups excluding carboxylic acids is 1. The molecule has 0 unspecified atom stereocenters. The summed E-state index contributed by atoms with van der Waals surface area (Å²) in [7, 11) is 0. The van der Waals surface area contributed by atoms with Crippen LogP contribution in [0.15, 0.2) is 30.3 Å². The van der Waals surface area contributed by atoms with Gasteiger partial charge in [-0.1, -0.05) is 49.6 Å². The van der Waals surface area contributed by atoms with Crippen LogP contribution < -0.4 is 11.1 Å². The predicted molar refractivity (Wildman–Crippen MR) is 72.9 cm³/mol. The quantitative estimate of drug-likeness (QED) is 0.838. The van der Waals surface area contributed by atoms with Crippen LogP contribution >= 0.6 is 0 Å². The van der Waals surface area contributed by atoms with Crippen molar-refractivity contribution in [2.24, 2.45) is 5.73 Å². The van der Waals surface area contributed by atoms with Crippen molar-refractivity contribution in [3.8, 4) is 0 Å². The van der Waals surface area contributed by atoms with E-state index in [9.17, 15) is 4.79 Å². The van der Waals surface area contributed by atoms with Gasteiger partial charge in [0, 0.05) is 18.5 Å². The molecule has 18 heavy (non-hydrogen) atoms. The third-order valence-electron chi connectivity index (χ3n) is 3.83. The first kappa shape index (κ1) is 13.1. The zero-order valence-corrected chi connectivity index (χ0v) is 10.8. The van der Waals surface area contributed by atoms with Crippen LogP contribution in [-0.2, 0) is 11.3 Å². The Labute approximate surface area is 109 Å². The maximum atomic E-state index is 11.3. The topological polar surface area (TPSA) is 55.1 Å². The Bertz CT molecular complexity index is 383. The molecule has 1 fully saturated rings. The minimum atomic E-state index is -0.197. The average Bonchev–Trinajstić information content (AvgIpc) is 2.38. The molecule has 0 aliphatic heterocycles. The van der Waals surface area contributed by atoms with Crippen molar-refractivity contribution in [1.29, 1.82) is 0 Å². The highest BCUT2D eigenvalue weighted by atomic mass is 16.1. The summed E-state index contributed by atoms with van der Waals surface area (Å²) in [5, 5.41) is 3.58. The highest BCUT2D eigenvalue weighted by molar-refractivity contribution is 5.75. The largest absolute Gasteiger partial charge is 0.370 e. The number of amides is 1. The molecule has 2 rings (SSSR count). The van der Waals surface area contributed by atoms with E-state index < -0.39 is 0 Å². The van der Waals surface area contributed by atoms with Crippen LogP contribution in [0.4, 0.5) is 0 Å². The molecule has 1 aliphatic carbocycles. The number of benzene rings is 1. The molecule has 1 saturated carbocycles. The molecule has 0 spiro atoms. The van der Waals surface area contributed by atoms with Crippen LogP contribution in [-0.4, -0.2) is 11.4 Å². The smallest absolute Gasteiger partial charge is 0.219 e. The monoisotopic (exact) mass is 246 g/mol. The molecular weight excluding hydrogens is 224 g/mol. The Morgan fingerprint density at radius 1 is 1.17 bits per heavy atom. The maximum Gasteiger partial charge on any atom is 0.219 e. The lowest BCUT2D eigenvalue weighted by Crippen LogP contribution is -2.48. The lowest BCUT2D eigenvalue weighted by molar-refractivity contribution is -0.119. The number of nitrogens with one attached hydrogen (secondary N) is 1. The van der Waals surface area contributed by atoms with Gasteiger partial charge in [-0.25, -0.2) is 0 Å². The molecule has 1 aliphatic rings. The second-order valence-electron chi connectivity index (χ2n) is 5.32. The molecule has 0 radical (unpaired) electrons. The third-order valence-corrected chi connectivity index (χ3v) is 3.83. The molecule has 1 aromatic rings. The van der Waals surface area contributed by atoms with E-state index in [0.717, 1.165) is 19.4 Å².